The summed E-state index contributed by atoms with van der Waals surface area (Å²) in [4.78, 5) is 12.7. The van der Waals surface area contributed by atoms with Crippen molar-refractivity contribution in [2.24, 2.45) is 0 Å². The molecule has 1 amide bonds. The van der Waals surface area contributed by atoms with E-state index in [9.17, 15) is 17.6 Å². The second-order valence-electron chi connectivity index (χ2n) is 4.76. The third kappa shape index (κ3) is 3.92. The van der Waals surface area contributed by atoms with Crippen LogP contribution in [0, 0.1) is 12.7 Å². The number of ether oxygens (including phenoxy) is 1. The molecule has 1 heterocycles. The van der Waals surface area contributed by atoms with Gasteiger partial charge in [-0.15, -0.1) is 0 Å². The highest BCUT2D eigenvalue weighted by molar-refractivity contribution is 7.89. The molecule has 1 saturated heterocycles. The lowest BCUT2D eigenvalue weighted by molar-refractivity contribution is 0.158. The summed E-state index contributed by atoms with van der Waals surface area (Å²) in [6, 6.07) is 3.64. The van der Waals surface area contributed by atoms with Gasteiger partial charge >= 0.3 is 6.09 Å². The maximum absolute atomic E-state index is 13.1. The van der Waals surface area contributed by atoms with Crippen LogP contribution in [0.25, 0.3) is 0 Å². The summed E-state index contributed by atoms with van der Waals surface area (Å²) >= 11 is 0. The number of amides is 1. The monoisotopic (exact) mass is 316 g/mol. The average Bonchev–Trinajstić information content (AvgIpc) is 2.83. The molecule has 0 radical (unpaired) electrons. The molecule has 0 atom stereocenters. The zero-order valence-electron chi connectivity index (χ0n) is 11.6. The number of cyclic esters (lactones) is 1. The number of hydrogen-bond acceptors (Lipinski definition) is 4. The van der Waals surface area contributed by atoms with Crippen LogP contribution in [-0.2, 0) is 14.8 Å². The Morgan fingerprint density at radius 3 is 2.81 bits per heavy atom. The van der Waals surface area contributed by atoms with E-state index >= 15 is 0 Å². The van der Waals surface area contributed by atoms with E-state index in [0.717, 1.165) is 6.07 Å². The molecule has 1 aliphatic heterocycles. The maximum atomic E-state index is 13.1. The number of nitrogens with one attached hydrogen (secondary N) is 1. The van der Waals surface area contributed by atoms with Gasteiger partial charge in [0.15, 0.2) is 0 Å². The Hall–Kier alpha value is -1.67. The molecule has 8 heteroatoms. The summed E-state index contributed by atoms with van der Waals surface area (Å²) in [6.07, 6.45) is 0.112. The van der Waals surface area contributed by atoms with Crippen LogP contribution in [0.4, 0.5) is 9.18 Å². The van der Waals surface area contributed by atoms with E-state index < -0.39 is 15.8 Å². The Bertz CT molecular complexity index is 633. The van der Waals surface area contributed by atoms with Gasteiger partial charge in [-0.25, -0.2) is 22.3 Å². The van der Waals surface area contributed by atoms with Gasteiger partial charge in [-0.1, -0.05) is 0 Å². The number of sulfonamides is 1. The lowest BCUT2D eigenvalue weighted by Crippen LogP contribution is -2.30. The van der Waals surface area contributed by atoms with Crippen molar-refractivity contribution in [3.63, 3.8) is 0 Å². The summed E-state index contributed by atoms with van der Waals surface area (Å²) < 4.78 is 44.4. The van der Waals surface area contributed by atoms with Crippen LogP contribution in [0.3, 0.4) is 0 Å². The molecule has 2 rings (SSSR count). The number of benzene rings is 1. The van der Waals surface area contributed by atoms with Gasteiger partial charge < -0.3 is 9.64 Å². The Morgan fingerprint density at radius 1 is 1.43 bits per heavy atom. The van der Waals surface area contributed by atoms with E-state index in [1.54, 1.807) is 0 Å². The van der Waals surface area contributed by atoms with Crippen LogP contribution in [0.15, 0.2) is 23.1 Å². The first-order chi connectivity index (χ1) is 9.90. The summed E-state index contributed by atoms with van der Waals surface area (Å²) in [7, 11) is -3.66. The number of aryl methyl sites for hydroxylation is 1. The Balaban J connectivity index is 1.86. The molecule has 0 spiro atoms. The fourth-order valence-corrected chi connectivity index (χ4v) is 3.13. The van der Waals surface area contributed by atoms with Crippen molar-refractivity contribution >= 4 is 16.1 Å². The number of halogens is 1. The number of carbonyl (C=O) groups excluding carboxylic acids is 1. The molecule has 1 aliphatic rings. The first kappa shape index (κ1) is 15.7. The number of nitrogens with zero attached hydrogens (tertiary/aromatic N) is 1. The second kappa shape index (κ2) is 6.40. The molecule has 0 saturated carbocycles. The largest absolute Gasteiger partial charge is 0.448 e. The second-order valence-corrected chi connectivity index (χ2v) is 6.53. The Kier molecular flexibility index (Phi) is 4.79. The smallest absolute Gasteiger partial charge is 0.409 e. The fourth-order valence-electron chi connectivity index (χ4n) is 1.97. The van der Waals surface area contributed by atoms with E-state index in [-0.39, 0.29) is 23.1 Å². The van der Waals surface area contributed by atoms with Crippen molar-refractivity contribution in [1.29, 1.82) is 0 Å². The van der Waals surface area contributed by atoms with Crippen LogP contribution in [0.1, 0.15) is 12.0 Å². The minimum Gasteiger partial charge on any atom is -0.448 e. The molecule has 6 nitrogen and oxygen atoms in total. The van der Waals surface area contributed by atoms with Crippen molar-refractivity contribution in [1.82, 2.24) is 9.62 Å². The molecule has 1 N–H and O–H groups in total. The molecule has 0 aromatic heterocycles. The van der Waals surface area contributed by atoms with Crippen molar-refractivity contribution < 1.29 is 22.3 Å². The van der Waals surface area contributed by atoms with E-state index in [4.69, 9.17) is 4.74 Å². The topological polar surface area (TPSA) is 75.7 Å². The maximum Gasteiger partial charge on any atom is 0.409 e. The van der Waals surface area contributed by atoms with Crippen LogP contribution in [0.2, 0.25) is 0 Å². The Morgan fingerprint density at radius 2 is 2.19 bits per heavy atom. The van der Waals surface area contributed by atoms with E-state index in [2.05, 4.69) is 4.72 Å². The van der Waals surface area contributed by atoms with Gasteiger partial charge in [-0.05, 0) is 37.1 Å². The Labute approximate surface area is 122 Å². The quantitative estimate of drug-likeness (QED) is 0.802. The molecule has 0 unspecified atom stereocenters. The van der Waals surface area contributed by atoms with Crippen LogP contribution in [0.5, 0.6) is 0 Å². The zero-order chi connectivity index (χ0) is 15.5. The molecule has 116 valence electrons. The van der Waals surface area contributed by atoms with Crippen molar-refractivity contribution in [2.75, 3.05) is 26.2 Å². The predicted molar refractivity (Wildman–Crippen MR) is 73.9 cm³/mol. The number of carbonyl (C=O) groups is 1. The van der Waals surface area contributed by atoms with Gasteiger partial charge in [0.2, 0.25) is 10.0 Å². The zero-order valence-corrected chi connectivity index (χ0v) is 12.5. The molecule has 21 heavy (non-hydrogen) atoms. The normalized spacial score (nSPS) is 15.3. The minimum atomic E-state index is -3.66. The van der Waals surface area contributed by atoms with Gasteiger partial charge in [-0.3, -0.25) is 0 Å². The van der Waals surface area contributed by atoms with Gasteiger partial charge in [0.1, 0.15) is 12.4 Å². The summed E-state index contributed by atoms with van der Waals surface area (Å²) in [5, 5.41) is 0. The molecule has 1 aromatic rings. The van der Waals surface area contributed by atoms with Gasteiger partial charge in [0.25, 0.3) is 0 Å². The summed E-state index contributed by atoms with van der Waals surface area (Å²) in [5.74, 6) is -0.443. The number of rotatable bonds is 6. The lowest BCUT2D eigenvalue weighted by atomic mass is 10.2. The molecule has 0 aliphatic carbocycles. The van der Waals surface area contributed by atoms with E-state index in [1.165, 1.54) is 24.0 Å². The standard InChI is InChI=1S/C13H17FN2O4S/c1-10-9-11(3-4-12(10)14)21(18,19)15-5-2-6-16-7-8-20-13(16)17/h3-4,9,15H,2,5-8H2,1H3. The predicted octanol–water partition coefficient (Wildman–Crippen LogP) is 1.25. The average molecular weight is 316 g/mol. The molecule has 1 fully saturated rings. The first-order valence-corrected chi connectivity index (χ1v) is 8.06. The lowest BCUT2D eigenvalue weighted by Gasteiger charge is -2.12. The van der Waals surface area contributed by atoms with Crippen molar-refractivity contribution in [3.8, 4) is 0 Å². The fraction of sp³-hybridized carbons (Fsp3) is 0.462. The molecular formula is C13H17FN2O4S. The molecule has 1 aromatic carbocycles. The van der Waals surface area contributed by atoms with Crippen molar-refractivity contribution in [3.05, 3.63) is 29.6 Å². The van der Waals surface area contributed by atoms with Gasteiger partial charge in [-0.2, -0.15) is 0 Å². The first-order valence-electron chi connectivity index (χ1n) is 6.58. The highest BCUT2D eigenvalue weighted by atomic mass is 32.2. The highest BCUT2D eigenvalue weighted by Crippen LogP contribution is 2.14. The van der Waals surface area contributed by atoms with E-state index in [0.29, 0.717) is 26.1 Å². The van der Waals surface area contributed by atoms with Crippen LogP contribution < -0.4 is 4.72 Å². The SMILES string of the molecule is Cc1cc(S(=O)(=O)NCCCN2CCOC2=O)ccc1F. The third-order valence-electron chi connectivity index (χ3n) is 3.18. The molecular weight excluding hydrogens is 299 g/mol. The summed E-state index contributed by atoms with van der Waals surface area (Å²) in [5.41, 5.74) is 0.276. The van der Waals surface area contributed by atoms with Crippen molar-refractivity contribution in [2.45, 2.75) is 18.2 Å². The van der Waals surface area contributed by atoms with Crippen LogP contribution >= 0.6 is 0 Å². The highest BCUT2D eigenvalue weighted by Gasteiger charge is 2.21. The van der Waals surface area contributed by atoms with Crippen LogP contribution in [-0.4, -0.2) is 45.7 Å². The van der Waals surface area contributed by atoms with Gasteiger partial charge in [0, 0.05) is 13.1 Å². The minimum absolute atomic E-state index is 0.0296. The van der Waals surface area contributed by atoms with E-state index in [1.807, 2.05) is 0 Å². The third-order valence-corrected chi connectivity index (χ3v) is 4.64. The molecule has 0 bridgehead atoms. The van der Waals surface area contributed by atoms with Gasteiger partial charge in [0.05, 0.1) is 11.4 Å². The summed E-state index contributed by atoms with van der Waals surface area (Å²) in [6.45, 7) is 3.04. The number of hydrogen-bond donors (Lipinski definition) is 1.